The third-order valence-corrected chi connectivity index (χ3v) is 5.38. The molecule has 4 aromatic rings. The van der Waals surface area contributed by atoms with Crippen molar-refractivity contribution in [1.29, 1.82) is 0 Å². The zero-order valence-electron chi connectivity index (χ0n) is 15.6. The molecule has 1 aliphatic heterocycles. The van der Waals surface area contributed by atoms with Crippen LogP contribution in [0.2, 0.25) is 0 Å². The molecule has 0 radical (unpaired) electrons. The quantitative estimate of drug-likeness (QED) is 0.552. The Labute approximate surface area is 164 Å². The summed E-state index contributed by atoms with van der Waals surface area (Å²) in [7, 11) is 0. The van der Waals surface area contributed by atoms with Gasteiger partial charge in [-0.2, -0.15) is 4.68 Å². The predicted octanol–water partition coefficient (Wildman–Crippen LogP) is 3.14. The molecule has 1 saturated heterocycles. The number of fused-ring (bicyclic) bond motifs is 1. The predicted molar refractivity (Wildman–Crippen MR) is 111 cm³/mol. The molecule has 0 amide bonds. The first-order valence-electron chi connectivity index (χ1n) is 9.66. The van der Waals surface area contributed by atoms with Crippen molar-refractivity contribution >= 4 is 16.7 Å². The lowest BCUT2D eigenvalue weighted by Gasteiger charge is -2.35. The first kappa shape index (κ1) is 16.9. The van der Waals surface area contributed by atoms with E-state index < -0.39 is 0 Å². The normalized spacial score (nSPS) is 15.2. The van der Waals surface area contributed by atoms with Crippen LogP contribution in [0.25, 0.3) is 16.5 Å². The van der Waals surface area contributed by atoms with E-state index in [0.717, 1.165) is 44.4 Å². The number of para-hydroxylation sites is 1. The molecule has 0 atom stereocenters. The summed E-state index contributed by atoms with van der Waals surface area (Å²) in [6, 6.07) is 25.2. The summed E-state index contributed by atoms with van der Waals surface area (Å²) in [6.07, 6.45) is 0. The van der Waals surface area contributed by atoms with Gasteiger partial charge in [0.25, 0.3) is 0 Å². The number of rotatable bonds is 4. The Bertz CT molecular complexity index is 1060. The van der Waals surface area contributed by atoms with Crippen LogP contribution in [0.5, 0.6) is 0 Å². The van der Waals surface area contributed by atoms with Crippen LogP contribution < -0.4 is 4.90 Å². The monoisotopic (exact) mass is 370 g/mol. The minimum Gasteiger partial charge on any atom is -0.337 e. The third kappa shape index (κ3) is 3.23. The van der Waals surface area contributed by atoms with E-state index in [1.165, 1.54) is 16.3 Å². The van der Waals surface area contributed by atoms with Gasteiger partial charge in [0.1, 0.15) is 0 Å². The number of hydrogen-bond acceptors (Lipinski definition) is 5. The zero-order valence-corrected chi connectivity index (χ0v) is 15.6. The van der Waals surface area contributed by atoms with Crippen molar-refractivity contribution in [2.75, 3.05) is 31.1 Å². The van der Waals surface area contributed by atoms with E-state index >= 15 is 0 Å². The first-order chi connectivity index (χ1) is 13.9. The van der Waals surface area contributed by atoms with E-state index in [0.29, 0.717) is 0 Å². The molecular formula is C22H22N6. The highest BCUT2D eigenvalue weighted by Crippen LogP contribution is 2.22. The summed E-state index contributed by atoms with van der Waals surface area (Å²) < 4.78 is 1.82. The van der Waals surface area contributed by atoms with Crippen molar-refractivity contribution < 1.29 is 0 Å². The van der Waals surface area contributed by atoms with Crippen LogP contribution in [-0.4, -0.2) is 51.3 Å². The van der Waals surface area contributed by atoms with Gasteiger partial charge in [0.15, 0.2) is 0 Å². The Morgan fingerprint density at radius 2 is 1.50 bits per heavy atom. The van der Waals surface area contributed by atoms with Crippen LogP contribution in [-0.2, 0) is 6.54 Å². The molecular weight excluding hydrogens is 348 g/mol. The van der Waals surface area contributed by atoms with E-state index in [2.05, 4.69) is 67.8 Å². The Kier molecular flexibility index (Phi) is 4.47. The largest absolute Gasteiger partial charge is 0.337 e. The average molecular weight is 370 g/mol. The molecule has 6 heteroatoms. The standard InChI is InChI=1S/C22H22N6/c1-2-10-20(11-3-1)28-22(23-24-25-28)27-15-13-26(14-16-27)17-19-9-6-8-18-7-4-5-12-21(18)19/h1-12H,13-17H2. The van der Waals surface area contributed by atoms with Crippen LogP contribution in [0.4, 0.5) is 5.95 Å². The second-order valence-electron chi connectivity index (χ2n) is 7.13. The Balaban J connectivity index is 1.29. The fourth-order valence-electron chi connectivity index (χ4n) is 3.89. The van der Waals surface area contributed by atoms with E-state index in [4.69, 9.17) is 0 Å². The van der Waals surface area contributed by atoms with Crippen LogP contribution in [0.1, 0.15) is 5.56 Å². The molecule has 2 heterocycles. The van der Waals surface area contributed by atoms with Gasteiger partial charge in [0.05, 0.1) is 5.69 Å². The van der Waals surface area contributed by atoms with Gasteiger partial charge >= 0.3 is 0 Å². The van der Waals surface area contributed by atoms with Gasteiger partial charge in [-0.1, -0.05) is 65.8 Å². The molecule has 1 aliphatic rings. The lowest BCUT2D eigenvalue weighted by atomic mass is 10.0. The van der Waals surface area contributed by atoms with E-state index in [-0.39, 0.29) is 0 Å². The van der Waals surface area contributed by atoms with Crippen LogP contribution in [0, 0.1) is 0 Å². The summed E-state index contributed by atoms with van der Waals surface area (Å²) in [5.74, 6) is 0.816. The van der Waals surface area contributed by atoms with Crippen molar-refractivity contribution in [2.45, 2.75) is 6.54 Å². The maximum absolute atomic E-state index is 4.28. The molecule has 3 aromatic carbocycles. The summed E-state index contributed by atoms with van der Waals surface area (Å²) in [5, 5.41) is 15.0. The van der Waals surface area contributed by atoms with Crippen LogP contribution in [0.3, 0.4) is 0 Å². The van der Waals surface area contributed by atoms with Gasteiger partial charge < -0.3 is 4.90 Å². The molecule has 0 N–H and O–H groups in total. The van der Waals surface area contributed by atoms with Gasteiger partial charge in [-0.05, 0) is 38.9 Å². The minimum absolute atomic E-state index is 0.816. The van der Waals surface area contributed by atoms with Crippen molar-refractivity contribution in [3.63, 3.8) is 0 Å². The maximum atomic E-state index is 4.28. The molecule has 140 valence electrons. The molecule has 0 bridgehead atoms. The third-order valence-electron chi connectivity index (χ3n) is 5.38. The Morgan fingerprint density at radius 3 is 2.36 bits per heavy atom. The zero-order chi connectivity index (χ0) is 18.8. The summed E-state index contributed by atoms with van der Waals surface area (Å²) in [4.78, 5) is 4.78. The van der Waals surface area contributed by atoms with Gasteiger partial charge in [-0.15, -0.1) is 0 Å². The molecule has 0 unspecified atom stereocenters. The molecule has 1 aromatic heterocycles. The fraction of sp³-hybridized carbons (Fsp3) is 0.227. The second kappa shape index (κ2) is 7.40. The topological polar surface area (TPSA) is 50.1 Å². The first-order valence-corrected chi connectivity index (χ1v) is 9.66. The van der Waals surface area contributed by atoms with Crippen LogP contribution in [0.15, 0.2) is 72.8 Å². The Morgan fingerprint density at radius 1 is 0.750 bits per heavy atom. The van der Waals surface area contributed by atoms with E-state index in [1.807, 2.05) is 35.0 Å². The highest BCUT2D eigenvalue weighted by molar-refractivity contribution is 5.85. The second-order valence-corrected chi connectivity index (χ2v) is 7.13. The number of aromatic nitrogens is 4. The molecule has 28 heavy (non-hydrogen) atoms. The van der Waals surface area contributed by atoms with Gasteiger partial charge in [0.2, 0.25) is 5.95 Å². The number of nitrogens with zero attached hydrogens (tertiary/aromatic N) is 6. The molecule has 5 rings (SSSR count). The van der Waals surface area contributed by atoms with E-state index in [9.17, 15) is 0 Å². The van der Waals surface area contributed by atoms with Gasteiger partial charge in [-0.3, -0.25) is 4.90 Å². The van der Waals surface area contributed by atoms with Gasteiger partial charge in [0, 0.05) is 32.7 Å². The number of piperazine rings is 1. The number of anilines is 1. The summed E-state index contributed by atoms with van der Waals surface area (Å²) >= 11 is 0. The molecule has 0 spiro atoms. The molecule has 0 aliphatic carbocycles. The van der Waals surface area contributed by atoms with Crippen LogP contribution >= 0.6 is 0 Å². The smallest absolute Gasteiger partial charge is 0.250 e. The number of hydrogen-bond donors (Lipinski definition) is 0. The van der Waals surface area contributed by atoms with Crippen molar-refractivity contribution in [3.05, 3.63) is 78.4 Å². The number of tetrazole rings is 1. The van der Waals surface area contributed by atoms with E-state index in [1.54, 1.807) is 0 Å². The average Bonchev–Trinajstić information content (AvgIpc) is 3.25. The molecule has 0 saturated carbocycles. The maximum Gasteiger partial charge on any atom is 0.250 e. The lowest BCUT2D eigenvalue weighted by Crippen LogP contribution is -2.46. The molecule has 6 nitrogen and oxygen atoms in total. The fourth-order valence-corrected chi connectivity index (χ4v) is 3.89. The lowest BCUT2D eigenvalue weighted by molar-refractivity contribution is 0.249. The molecule has 1 fully saturated rings. The van der Waals surface area contributed by atoms with Crippen molar-refractivity contribution in [1.82, 2.24) is 25.1 Å². The van der Waals surface area contributed by atoms with Gasteiger partial charge in [-0.25, -0.2) is 0 Å². The Hall–Kier alpha value is -3.25. The van der Waals surface area contributed by atoms with Crippen molar-refractivity contribution in [3.8, 4) is 5.69 Å². The summed E-state index contributed by atoms with van der Waals surface area (Å²) in [5.41, 5.74) is 2.38. The number of benzene rings is 3. The van der Waals surface area contributed by atoms with Crippen molar-refractivity contribution in [2.24, 2.45) is 0 Å². The highest BCUT2D eigenvalue weighted by Gasteiger charge is 2.22. The minimum atomic E-state index is 0.816. The summed E-state index contributed by atoms with van der Waals surface area (Å²) in [6.45, 7) is 4.78. The SMILES string of the molecule is c1ccc(-n2nnnc2N2CCN(Cc3cccc4ccccc34)CC2)cc1. The highest BCUT2D eigenvalue weighted by atomic mass is 15.6.